The maximum atomic E-state index is 14.0. The second kappa shape index (κ2) is 19.7. The lowest BCUT2D eigenvalue weighted by molar-refractivity contribution is 0.0384. The molecule has 47 heavy (non-hydrogen) atoms. The van der Waals surface area contributed by atoms with Crippen molar-refractivity contribution in [3.63, 3.8) is 0 Å². The molecule has 1 aliphatic rings. The molecule has 0 aliphatic carbocycles. The molecule has 0 bridgehead atoms. The first kappa shape index (κ1) is 37.5. The molecule has 0 atom stereocenters. The summed E-state index contributed by atoms with van der Waals surface area (Å²) in [5.41, 5.74) is 5.74. The molecule has 0 radical (unpaired) electrons. The van der Waals surface area contributed by atoms with E-state index in [9.17, 15) is 13.6 Å². The van der Waals surface area contributed by atoms with E-state index < -0.39 is 6.67 Å². The number of hydrogen-bond donors (Lipinski definition) is 0. The summed E-state index contributed by atoms with van der Waals surface area (Å²) in [6.45, 7) is 16.9. The Morgan fingerprint density at radius 3 is 2.17 bits per heavy atom. The summed E-state index contributed by atoms with van der Waals surface area (Å²) in [6.07, 6.45) is 3.34. The quantitative estimate of drug-likeness (QED) is 0.143. The number of aromatic nitrogens is 4. The molecule has 3 heterocycles. The Morgan fingerprint density at radius 2 is 1.47 bits per heavy atom. The van der Waals surface area contributed by atoms with Gasteiger partial charge in [-0.2, -0.15) is 0 Å². The first-order chi connectivity index (χ1) is 23.1. The largest absolute Gasteiger partial charge is 0.379 e. The van der Waals surface area contributed by atoms with Gasteiger partial charge >= 0.3 is 0 Å². The summed E-state index contributed by atoms with van der Waals surface area (Å²) < 4.78 is 35.9. The van der Waals surface area contributed by atoms with Crippen LogP contribution in [0.15, 0.2) is 71.7 Å². The molecule has 1 aliphatic heterocycles. The molecule has 0 amide bonds. The van der Waals surface area contributed by atoms with Crippen molar-refractivity contribution < 1.29 is 13.5 Å². The van der Waals surface area contributed by atoms with Crippen molar-refractivity contribution in [3.05, 3.63) is 94.4 Å². The van der Waals surface area contributed by atoms with Crippen LogP contribution in [0.5, 0.6) is 0 Å². The molecule has 0 spiro atoms. The van der Waals surface area contributed by atoms with Crippen LogP contribution >= 0.6 is 0 Å². The minimum absolute atomic E-state index is 0.188. The molecule has 9 heteroatoms. The summed E-state index contributed by atoms with van der Waals surface area (Å²) in [7, 11) is 0. The van der Waals surface area contributed by atoms with E-state index in [0.29, 0.717) is 41.8 Å². The number of fused-ring (bicyclic) bond motifs is 2. The summed E-state index contributed by atoms with van der Waals surface area (Å²) in [6, 6.07) is 19.0. The molecule has 1 fully saturated rings. The van der Waals surface area contributed by atoms with Gasteiger partial charge in [0.05, 0.1) is 54.7 Å². The van der Waals surface area contributed by atoms with E-state index >= 15 is 0 Å². The Labute approximate surface area is 278 Å². The van der Waals surface area contributed by atoms with Gasteiger partial charge in [0, 0.05) is 32.2 Å². The van der Waals surface area contributed by atoms with Crippen LogP contribution in [0.2, 0.25) is 0 Å². The van der Waals surface area contributed by atoms with Crippen molar-refractivity contribution in [1.29, 1.82) is 0 Å². The van der Waals surface area contributed by atoms with Crippen LogP contribution in [0.4, 0.5) is 8.78 Å². The summed E-state index contributed by atoms with van der Waals surface area (Å²) >= 11 is 0. The third kappa shape index (κ3) is 9.78. The highest BCUT2D eigenvalue weighted by molar-refractivity contribution is 5.82. The zero-order chi connectivity index (χ0) is 34.2. The normalized spacial score (nSPS) is 12.9. The number of morpholine rings is 1. The average Bonchev–Trinajstić information content (AvgIpc) is 3.47. The van der Waals surface area contributed by atoms with Gasteiger partial charge in [-0.1, -0.05) is 71.9 Å². The maximum Gasteiger partial charge on any atom is 0.269 e. The molecule has 0 saturated carbocycles. The first-order valence-corrected chi connectivity index (χ1v) is 17.2. The Bertz CT molecular complexity index is 1710. The second-order valence-corrected chi connectivity index (χ2v) is 10.5. The molecular weight excluding hydrogens is 596 g/mol. The van der Waals surface area contributed by atoms with E-state index in [1.54, 1.807) is 10.6 Å². The monoisotopic (exact) mass is 647 g/mol. The molecule has 6 rings (SSSR count). The smallest absolute Gasteiger partial charge is 0.269 e. The number of benzene rings is 3. The number of unbranched alkanes of at least 4 members (excludes halogenated alkanes) is 1. The number of rotatable bonds is 10. The van der Waals surface area contributed by atoms with Gasteiger partial charge in [-0.15, -0.1) is 0 Å². The van der Waals surface area contributed by atoms with E-state index in [1.807, 2.05) is 64.3 Å². The zero-order valence-electron chi connectivity index (χ0n) is 28.9. The molecule has 1 saturated heterocycles. The van der Waals surface area contributed by atoms with Gasteiger partial charge < -0.3 is 9.30 Å². The van der Waals surface area contributed by atoms with Crippen molar-refractivity contribution in [2.75, 3.05) is 39.5 Å². The predicted octanol–water partition coefficient (Wildman–Crippen LogP) is 8.30. The minimum Gasteiger partial charge on any atom is -0.379 e. The Balaban J connectivity index is 0.000000947. The van der Waals surface area contributed by atoms with Crippen molar-refractivity contribution in [3.8, 4) is 11.1 Å². The lowest BCUT2D eigenvalue weighted by Crippen LogP contribution is -2.37. The van der Waals surface area contributed by atoms with Gasteiger partial charge in [0.2, 0.25) is 0 Å². The van der Waals surface area contributed by atoms with Crippen LogP contribution in [0.1, 0.15) is 65.8 Å². The number of nitrogens with zero attached hydrogens (tertiary/aromatic N) is 5. The molecule has 0 unspecified atom stereocenters. The number of halogens is 2. The number of imidazole rings is 1. The highest BCUT2D eigenvalue weighted by Gasteiger charge is 2.15. The molecule has 5 aromatic rings. The van der Waals surface area contributed by atoms with E-state index in [0.717, 1.165) is 55.9 Å². The summed E-state index contributed by atoms with van der Waals surface area (Å²) in [5.74, 6) is 0.245. The minimum atomic E-state index is -0.400. The molecule has 2 aromatic heterocycles. The topological polar surface area (TPSA) is 65.2 Å². The number of ether oxygens (including phenoxy) is 1. The van der Waals surface area contributed by atoms with Gasteiger partial charge in [0.15, 0.2) is 0 Å². The predicted molar refractivity (Wildman–Crippen MR) is 190 cm³/mol. The molecule has 7 nitrogen and oxygen atoms in total. The van der Waals surface area contributed by atoms with Crippen LogP contribution in [0.3, 0.4) is 0 Å². The Morgan fingerprint density at radius 1 is 0.766 bits per heavy atom. The highest BCUT2D eigenvalue weighted by Crippen LogP contribution is 2.25. The zero-order valence-corrected chi connectivity index (χ0v) is 28.9. The number of alkyl halides is 1. The fraction of sp³-hybridized carbons (Fsp3) is 0.447. The molecule has 254 valence electrons. The Hall–Kier alpha value is -3.95. The van der Waals surface area contributed by atoms with Crippen molar-refractivity contribution in [2.45, 2.75) is 73.9 Å². The average molecular weight is 648 g/mol. The van der Waals surface area contributed by atoms with Gasteiger partial charge in [-0.25, -0.2) is 14.4 Å². The van der Waals surface area contributed by atoms with E-state index in [2.05, 4.69) is 39.1 Å². The van der Waals surface area contributed by atoms with Crippen LogP contribution in [-0.4, -0.2) is 63.5 Å². The van der Waals surface area contributed by atoms with Crippen LogP contribution in [-0.2, 0) is 24.2 Å². The first-order valence-electron chi connectivity index (χ1n) is 17.2. The lowest BCUT2D eigenvalue weighted by Gasteiger charge is -2.26. The fourth-order valence-electron chi connectivity index (χ4n) is 5.51. The molecule has 3 aromatic carbocycles. The lowest BCUT2D eigenvalue weighted by atomic mass is 10.0. The fourth-order valence-corrected chi connectivity index (χ4v) is 5.51. The molecule has 0 N–H and O–H groups in total. The van der Waals surface area contributed by atoms with E-state index in [4.69, 9.17) is 4.74 Å². The third-order valence-electron chi connectivity index (χ3n) is 7.81. The third-order valence-corrected chi connectivity index (χ3v) is 7.81. The van der Waals surface area contributed by atoms with Crippen LogP contribution in [0, 0.1) is 5.82 Å². The van der Waals surface area contributed by atoms with Gasteiger partial charge in [0.25, 0.3) is 5.56 Å². The van der Waals surface area contributed by atoms with E-state index in [1.165, 1.54) is 23.9 Å². The summed E-state index contributed by atoms with van der Waals surface area (Å²) in [5, 5.41) is 0. The van der Waals surface area contributed by atoms with Crippen molar-refractivity contribution >= 4 is 22.1 Å². The van der Waals surface area contributed by atoms with Gasteiger partial charge in [-0.3, -0.25) is 18.7 Å². The Kier molecular flexibility index (Phi) is 15.7. The second-order valence-electron chi connectivity index (χ2n) is 10.5. The number of aryl methyl sites for hydroxylation is 1. The van der Waals surface area contributed by atoms with Crippen molar-refractivity contribution in [1.82, 2.24) is 24.0 Å². The van der Waals surface area contributed by atoms with Crippen LogP contribution < -0.4 is 5.56 Å². The van der Waals surface area contributed by atoms with Crippen molar-refractivity contribution in [2.24, 2.45) is 0 Å². The van der Waals surface area contributed by atoms with Gasteiger partial charge in [-0.05, 0) is 60.2 Å². The highest BCUT2D eigenvalue weighted by atomic mass is 19.1. The SMILES string of the molecule is CC.CC.CC.O=c1cnc2ccc(-c3ccc(CCN4CCOCC4)cc3)cc2n1Cc1nc2cc(F)ccc2n1CCCCF. The van der Waals surface area contributed by atoms with Crippen LogP contribution in [0.25, 0.3) is 33.2 Å². The van der Waals surface area contributed by atoms with Gasteiger partial charge in [0.1, 0.15) is 11.6 Å². The molecular formula is C38H51F2N5O2. The standard InChI is InChI=1S/C32H33F2N5O2.3C2H6/c33-12-1-2-13-38-29-10-8-26(34)20-28(29)36-31(38)22-39-30-19-25(7-9-27(30)35-21-32(39)40)24-5-3-23(4-6-24)11-14-37-15-17-41-18-16-37;3*1-2/h3-10,19-21H,1-2,11-18,22H2;3*1-2H3. The summed E-state index contributed by atoms with van der Waals surface area (Å²) in [4.78, 5) is 24.6. The number of hydrogen-bond acceptors (Lipinski definition) is 5. The van der Waals surface area contributed by atoms with E-state index in [-0.39, 0.29) is 17.9 Å². The maximum absolute atomic E-state index is 14.0.